The minimum atomic E-state index is -0.362. The molecule has 0 spiro atoms. The summed E-state index contributed by atoms with van der Waals surface area (Å²) in [5, 5.41) is 10.7. The van der Waals surface area contributed by atoms with E-state index in [1.54, 1.807) is 13.3 Å². The van der Waals surface area contributed by atoms with Crippen LogP contribution in [0, 0.1) is 0 Å². The summed E-state index contributed by atoms with van der Waals surface area (Å²) in [6.07, 6.45) is 1.94. The lowest BCUT2D eigenvalue weighted by molar-refractivity contribution is 0.194. The van der Waals surface area contributed by atoms with Crippen molar-refractivity contribution in [2.24, 2.45) is 0 Å². The van der Waals surface area contributed by atoms with Crippen LogP contribution in [0.25, 0.3) is 0 Å². The van der Waals surface area contributed by atoms with Crippen molar-refractivity contribution >= 4 is 17.4 Å². The molecule has 5 heteroatoms. The van der Waals surface area contributed by atoms with Crippen LogP contribution in [0.5, 0.6) is 5.75 Å². The number of benzene rings is 1. The van der Waals surface area contributed by atoms with Crippen LogP contribution in [0.4, 0.5) is 5.82 Å². The molecule has 2 heterocycles. The third kappa shape index (κ3) is 2.96. The SMILES string of the molecule is COc1cccc(C2CC(O)CN2c2ccc(Cl)cn2)c1. The summed E-state index contributed by atoms with van der Waals surface area (Å²) >= 11 is 5.89. The maximum absolute atomic E-state index is 10.0. The zero-order valence-corrected chi connectivity index (χ0v) is 12.5. The fourth-order valence-electron chi connectivity index (χ4n) is 2.77. The van der Waals surface area contributed by atoms with E-state index in [9.17, 15) is 5.11 Å². The highest BCUT2D eigenvalue weighted by molar-refractivity contribution is 6.30. The number of anilines is 1. The van der Waals surface area contributed by atoms with Gasteiger partial charge in [0, 0.05) is 12.7 Å². The van der Waals surface area contributed by atoms with Gasteiger partial charge in [-0.05, 0) is 36.2 Å². The molecule has 0 saturated carbocycles. The molecule has 1 fully saturated rings. The summed E-state index contributed by atoms with van der Waals surface area (Å²) in [5.74, 6) is 1.64. The molecule has 2 aromatic rings. The molecule has 1 N–H and O–H groups in total. The number of halogens is 1. The number of β-amino-alcohol motifs (C(OH)–C–C–N with tert-alkyl or cyclic N) is 1. The molecule has 1 aliphatic rings. The van der Waals surface area contributed by atoms with E-state index < -0.39 is 0 Å². The Hall–Kier alpha value is -1.78. The molecule has 0 aliphatic carbocycles. The Morgan fingerprint density at radius 1 is 1.33 bits per heavy atom. The molecule has 2 unspecified atom stereocenters. The minimum Gasteiger partial charge on any atom is -0.497 e. The highest BCUT2D eigenvalue weighted by Crippen LogP contribution is 2.36. The molecule has 1 aliphatic heterocycles. The Labute approximate surface area is 128 Å². The third-order valence-electron chi connectivity index (χ3n) is 3.76. The highest BCUT2D eigenvalue weighted by atomic mass is 35.5. The maximum atomic E-state index is 10.0. The highest BCUT2D eigenvalue weighted by Gasteiger charge is 2.33. The van der Waals surface area contributed by atoms with Crippen LogP contribution in [0.15, 0.2) is 42.6 Å². The minimum absolute atomic E-state index is 0.0868. The number of aromatic nitrogens is 1. The average Bonchev–Trinajstić information content (AvgIpc) is 2.90. The molecule has 0 amide bonds. The van der Waals surface area contributed by atoms with Crippen LogP contribution in [0.1, 0.15) is 18.0 Å². The van der Waals surface area contributed by atoms with Gasteiger partial charge in [-0.25, -0.2) is 4.98 Å². The van der Waals surface area contributed by atoms with E-state index >= 15 is 0 Å². The molecule has 0 radical (unpaired) electrons. The number of aliphatic hydroxyl groups is 1. The molecular weight excluding hydrogens is 288 g/mol. The first-order chi connectivity index (χ1) is 10.2. The van der Waals surface area contributed by atoms with E-state index in [1.807, 2.05) is 36.4 Å². The fraction of sp³-hybridized carbons (Fsp3) is 0.312. The fourth-order valence-corrected chi connectivity index (χ4v) is 2.88. The van der Waals surface area contributed by atoms with Crippen molar-refractivity contribution in [3.8, 4) is 5.75 Å². The number of aliphatic hydroxyl groups excluding tert-OH is 1. The first-order valence-corrected chi connectivity index (χ1v) is 7.25. The maximum Gasteiger partial charge on any atom is 0.129 e. The van der Waals surface area contributed by atoms with Crippen LogP contribution >= 0.6 is 11.6 Å². The van der Waals surface area contributed by atoms with Gasteiger partial charge in [0.2, 0.25) is 0 Å². The Bertz CT molecular complexity index is 618. The zero-order chi connectivity index (χ0) is 14.8. The van der Waals surface area contributed by atoms with Gasteiger partial charge in [0.15, 0.2) is 0 Å². The van der Waals surface area contributed by atoms with Gasteiger partial charge in [-0.15, -0.1) is 0 Å². The third-order valence-corrected chi connectivity index (χ3v) is 3.99. The van der Waals surface area contributed by atoms with Gasteiger partial charge in [0.05, 0.1) is 24.3 Å². The average molecular weight is 305 g/mol. The number of ether oxygens (including phenoxy) is 1. The molecule has 1 saturated heterocycles. The number of rotatable bonds is 3. The normalized spacial score (nSPS) is 21.6. The molecule has 21 heavy (non-hydrogen) atoms. The predicted octanol–water partition coefficient (Wildman–Crippen LogP) is 3.06. The van der Waals surface area contributed by atoms with E-state index in [0.29, 0.717) is 18.0 Å². The molecule has 0 bridgehead atoms. The number of pyridine rings is 1. The van der Waals surface area contributed by atoms with E-state index in [2.05, 4.69) is 9.88 Å². The molecule has 110 valence electrons. The lowest BCUT2D eigenvalue weighted by Crippen LogP contribution is -2.25. The summed E-state index contributed by atoms with van der Waals surface area (Å²) in [6, 6.07) is 11.7. The van der Waals surface area contributed by atoms with Crippen molar-refractivity contribution in [3.05, 3.63) is 53.2 Å². The summed E-state index contributed by atoms with van der Waals surface area (Å²) in [6.45, 7) is 0.566. The van der Waals surface area contributed by atoms with Crippen LogP contribution in [0.2, 0.25) is 5.02 Å². The largest absolute Gasteiger partial charge is 0.497 e. The topological polar surface area (TPSA) is 45.6 Å². The first kappa shape index (κ1) is 14.2. The van der Waals surface area contributed by atoms with Crippen LogP contribution < -0.4 is 9.64 Å². The number of methoxy groups -OCH3 is 1. The monoisotopic (exact) mass is 304 g/mol. The van der Waals surface area contributed by atoms with Gasteiger partial charge in [-0.2, -0.15) is 0 Å². The first-order valence-electron chi connectivity index (χ1n) is 6.87. The van der Waals surface area contributed by atoms with Gasteiger partial charge < -0.3 is 14.7 Å². The second-order valence-corrected chi connectivity index (χ2v) is 5.61. The molecule has 1 aromatic carbocycles. The molecule has 2 atom stereocenters. The van der Waals surface area contributed by atoms with Crippen molar-refractivity contribution in [2.45, 2.75) is 18.6 Å². The van der Waals surface area contributed by atoms with Crippen LogP contribution in [0.3, 0.4) is 0 Å². The number of hydrogen-bond donors (Lipinski definition) is 1. The predicted molar refractivity (Wildman–Crippen MR) is 83.0 cm³/mol. The second kappa shape index (κ2) is 5.92. The molecule has 4 nitrogen and oxygen atoms in total. The summed E-state index contributed by atoms with van der Waals surface area (Å²) in [4.78, 5) is 6.47. The van der Waals surface area contributed by atoms with Gasteiger partial charge in [-0.1, -0.05) is 23.7 Å². The number of nitrogens with zero attached hydrogens (tertiary/aromatic N) is 2. The standard InChI is InChI=1S/C16H17ClN2O2/c1-21-14-4-2-3-11(7-14)15-8-13(20)10-19(15)16-6-5-12(17)9-18-16/h2-7,9,13,15,20H,8,10H2,1H3. The van der Waals surface area contributed by atoms with Gasteiger partial charge in [0.25, 0.3) is 0 Å². The summed E-state index contributed by atoms with van der Waals surface area (Å²) in [7, 11) is 1.65. The Balaban J connectivity index is 1.93. The molecule has 1 aromatic heterocycles. The van der Waals surface area contributed by atoms with Crippen LogP contribution in [-0.2, 0) is 0 Å². The van der Waals surface area contributed by atoms with E-state index in [0.717, 1.165) is 17.1 Å². The van der Waals surface area contributed by atoms with Crippen LogP contribution in [-0.4, -0.2) is 29.8 Å². The quantitative estimate of drug-likeness (QED) is 0.946. The van der Waals surface area contributed by atoms with Crippen molar-refractivity contribution in [2.75, 3.05) is 18.6 Å². The van der Waals surface area contributed by atoms with E-state index in [1.165, 1.54) is 0 Å². The smallest absolute Gasteiger partial charge is 0.129 e. The molecule has 3 rings (SSSR count). The summed E-state index contributed by atoms with van der Waals surface area (Å²) < 4.78 is 5.28. The number of hydrogen-bond acceptors (Lipinski definition) is 4. The molecular formula is C16H17ClN2O2. The Morgan fingerprint density at radius 2 is 2.19 bits per heavy atom. The van der Waals surface area contributed by atoms with E-state index in [-0.39, 0.29) is 12.1 Å². The van der Waals surface area contributed by atoms with Crippen molar-refractivity contribution in [3.63, 3.8) is 0 Å². The Kier molecular flexibility index (Phi) is 3.99. The summed E-state index contributed by atoms with van der Waals surface area (Å²) in [5.41, 5.74) is 1.11. The van der Waals surface area contributed by atoms with Gasteiger partial charge >= 0.3 is 0 Å². The zero-order valence-electron chi connectivity index (χ0n) is 11.7. The van der Waals surface area contributed by atoms with Gasteiger partial charge in [-0.3, -0.25) is 0 Å². The lowest BCUT2D eigenvalue weighted by atomic mass is 10.0. The van der Waals surface area contributed by atoms with E-state index in [4.69, 9.17) is 16.3 Å². The lowest BCUT2D eigenvalue weighted by Gasteiger charge is -2.26. The van der Waals surface area contributed by atoms with Crippen molar-refractivity contribution in [1.29, 1.82) is 0 Å². The second-order valence-electron chi connectivity index (χ2n) is 5.17. The van der Waals surface area contributed by atoms with Crippen molar-refractivity contribution < 1.29 is 9.84 Å². The van der Waals surface area contributed by atoms with Crippen molar-refractivity contribution in [1.82, 2.24) is 4.98 Å². The van der Waals surface area contributed by atoms with Gasteiger partial charge in [0.1, 0.15) is 11.6 Å². The Morgan fingerprint density at radius 3 is 2.90 bits per heavy atom.